The number of aryl methyl sites for hydroxylation is 1. The molecule has 2 heterocycles. The van der Waals surface area contributed by atoms with Crippen molar-refractivity contribution in [1.29, 1.82) is 0 Å². The van der Waals surface area contributed by atoms with Crippen molar-refractivity contribution in [2.24, 2.45) is 0 Å². The van der Waals surface area contributed by atoms with E-state index in [0.717, 1.165) is 22.4 Å². The van der Waals surface area contributed by atoms with E-state index < -0.39 is 17.5 Å². The fraction of sp³-hybridized carbons (Fsp3) is 0.368. The molecular weight excluding hydrogens is 346 g/mol. The molecule has 4 rings (SSSR count). The molecule has 1 atom stereocenters. The number of amides is 4. The minimum Gasteiger partial charge on any atom is -0.319 e. The molecule has 1 aliphatic carbocycles. The van der Waals surface area contributed by atoms with Crippen molar-refractivity contribution in [1.82, 2.24) is 20.0 Å². The quantitative estimate of drug-likeness (QED) is 0.806. The zero-order valence-corrected chi connectivity index (χ0v) is 15.2. The number of aromatic nitrogens is 2. The highest BCUT2D eigenvalue weighted by atomic mass is 16.2. The zero-order chi connectivity index (χ0) is 19.2. The molecule has 2 aliphatic rings. The van der Waals surface area contributed by atoms with Gasteiger partial charge < -0.3 is 10.6 Å². The van der Waals surface area contributed by atoms with Crippen molar-refractivity contribution < 1.29 is 14.4 Å². The van der Waals surface area contributed by atoms with Gasteiger partial charge in [-0.2, -0.15) is 5.10 Å². The Kier molecular flexibility index (Phi) is 3.98. The summed E-state index contributed by atoms with van der Waals surface area (Å²) < 4.78 is 1.67. The van der Waals surface area contributed by atoms with Gasteiger partial charge in [0.2, 0.25) is 5.91 Å². The lowest BCUT2D eigenvalue weighted by atomic mass is 9.92. The lowest BCUT2D eigenvalue weighted by molar-refractivity contribution is -0.134. The van der Waals surface area contributed by atoms with Gasteiger partial charge in [-0.25, -0.2) is 9.48 Å². The van der Waals surface area contributed by atoms with E-state index in [2.05, 4.69) is 15.7 Å². The van der Waals surface area contributed by atoms with E-state index in [-0.39, 0.29) is 18.5 Å². The second-order valence-electron chi connectivity index (χ2n) is 7.19. The first-order chi connectivity index (χ1) is 12.9. The molecule has 140 valence electrons. The third-order valence-electron chi connectivity index (χ3n) is 5.15. The highest BCUT2D eigenvalue weighted by Gasteiger charge is 2.55. The van der Waals surface area contributed by atoms with E-state index in [1.807, 2.05) is 38.1 Å². The van der Waals surface area contributed by atoms with Crippen LogP contribution in [0.4, 0.5) is 10.6 Å². The molecule has 1 aromatic carbocycles. The molecule has 0 bridgehead atoms. The van der Waals surface area contributed by atoms with Crippen LogP contribution in [0.3, 0.4) is 0 Å². The lowest BCUT2D eigenvalue weighted by Gasteiger charge is -2.22. The molecule has 8 heteroatoms. The molecule has 1 unspecified atom stereocenters. The molecule has 2 N–H and O–H groups in total. The van der Waals surface area contributed by atoms with Crippen LogP contribution in [-0.4, -0.2) is 39.1 Å². The van der Waals surface area contributed by atoms with E-state index in [9.17, 15) is 14.4 Å². The molecule has 1 fully saturated rings. The van der Waals surface area contributed by atoms with Gasteiger partial charge in [-0.15, -0.1) is 0 Å². The Balaban J connectivity index is 1.52. The molecule has 2 aromatic rings. The van der Waals surface area contributed by atoms with Crippen LogP contribution in [-0.2, 0) is 21.5 Å². The van der Waals surface area contributed by atoms with Crippen LogP contribution in [0, 0.1) is 0 Å². The van der Waals surface area contributed by atoms with Crippen LogP contribution >= 0.6 is 0 Å². The maximum atomic E-state index is 13.1. The number of nitrogens with one attached hydrogen (secondary N) is 2. The molecule has 1 aromatic heterocycles. The molecule has 1 aliphatic heterocycles. The summed E-state index contributed by atoms with van der Waals surface area (Å²) in [6.07, 6.45) is 2.82. The van der Waals surface area contributed by atoms with Crippen LogP contribution in [0.1, 0.15) is 37.4 Å². The van der Waals surface area contributed by atoms with Gasteiger partial charge >= 0.3 is 6.03 Å². The number of carbonyl (C=O) groups is 3. The molecule has 4 amide bonds. The number of fused-ring (bicyclic) bond motifs is 2. The summed E-state index contributed by atoms with van der Waals surface area (Å²) in [5, 5.41) is 9.70. The largest absolute Gasteiger partial charge is 0.325 e. The van der Waals surface area contributed by atoms with Crippen molar-refractivity contribution in [3.05, 3.63) is 47.7 Å². The molecule has 1 saturated heterocycles. The average Bonchev–Trinajstić information content (AvgIpc) is 3.30. The topological polar surface area (TPSA) is 96.3 Å². The summed E-state index contributed by atoms with van der Waals surface area (Å²) in [5.41, 5.74) is 0.829. The second-order valence-corrected chi connectivity index (χ2v) is 7.19. The van der Waals surface area contributed by atoms with E-state index >= 15 is 0 Å². The van der Waals surface area contributed by atoms with Gasteiger partial charge in [0.15, 0.2) is 0 Å². The van der Waals surface area contributed by atoms with E-state index in [0.29, 0.717) is 12.2 Å². The average molecular weight is 367 g/mol. The summed E-state index contributed by atoms with van der Waals surface area (Å²) in [6, 6.07) is 8.82. The van der Waals surface area contributed by atoms with Gasteiger partial charge in [0, 0.05) is 12.1 Å². The molecule has 27 heavy (non-hydrogen) atoms. The summed E-state index contributed by atoms with van der Waals surface area (Å²) in [6.45, 7) is 3.56. The molecule has 0 saturated carbocycles. The number of carbonyl (C=O) groups excluding carboxylic acids is 3. The van der Waals surface area contributed by atoms with Crippen LogP contribution in [0.2, 0.25) is 0 Å². The maximum absolute atomic E-state index is 13.1. The number of urea groups is 1. The maximum Gasteiger partial charge on any atom is 0.325 e. The van der Waals surface area contributed by atoms with E-state index in [1.165, 1.54) is 0 Å². The Hall–Kier alpha value is -3.16. The monoisotopic (exact) mass is 367 g/mol. The van der Waals surface area contributed by atoms with E-state index in [4.69, 9.17) is 0 Å². The molecule has 0 radical (unpaired) electrons. The van der Waals surface area contributed by atoms with Crippen molar-refractivity contribution >= 4 is 23.7 Å². The first-order valence-electron chi connectivity index (χ1n) is 8.98. The Bertz CT molecular complexity index is 935. The van der Waals surface area contributed by atoms with Crippen molar-refractivity contribution in [3.8, 4) is 0 Å². The first kappa shape index (κ1) is 17.3. The fourth-order valence-corrected chi connectivity index (χ4v) is 3.88. The molecule has 8 nitrogen and oxygen atoms in total. The molecular formula is C19H21N5O3. The normalized spacial score (nSPS) is 21.1. The van der Waals surface area contributed by atoms with Crippen LogP contribution in [0.5, 0.6) is 0 Å². The van der Waals surface area contributed by atoms with Crippen molar-refractivity contribution in [3.63, 3.8) is 0 Å². The van der Waals surface area contributed by atoms with Crippen LogP contribution < -0.4 is 10.6 Å². The number of benzene rings is 1. The summed E-state index contributed by atoms with van der Waals surface area (Å²) in [4.78, 5) is 39.0. The number of nitrogens with zero attached hydrogens (tertiary/aromatic N) is 3. The minimum absolute atomic E-state index is 0.0743. The van der Waals surface area contributed by atoms with Gasteiger partial charge in [0.1, 0.15) is 17.9 Å². The predicted molar refractivity (Wildman–Crippen MR) is 97.9 cm³/mol. The van der Waals surface area contributed by atoms with E-state index in [1.54, 1.807) is 16.9 Å². The summed E-state index contributed by atoms with van der Waals surface area (Å²) in [5.74, 6) is -0.280. The number of imide groups is 1. The second kappa shape index (κ2) is 6.22. The summed E-state index contributed by atoms with van der Waals surface area (Å²) in [7, 11) is 0. The fourth-order valence-electron chi connectivity index (χ4n) is 3.88. The Labute approximate surface area is 156 Å². The van der Waals surface area contributed by atoms with Crippen LogP contribution in [0.25, 0.3) is 0 Å². The Morgan fingerprint density at radius 1 is 1.30 bits per heavy atom. The summed E-state index contributed by atoms with van der Waals surface area (Å²) >= 11 is 0. The SMILES string of the molecule is CC(C)n1nccc1NC(=O)CN1C(=O)NC2(CCc3ccccc32)C1=O. The number of hydrogen-bond acceptors (Lipinski definition) is 4. The minimum atomic E-state index is -1.05. The number of hydrogen-bond donors (Lipinski definition) is 2. The number of rotatable bonds is 4. The van der Waals surface area contributed by atoms with Crippen molar-refractivity contribution in [2.75, 3.05) is 11.9 Å². The lowest BCUT2D eigenvalue weighted by Crippen LogP contribution is -2.43. The predicted octanol–water partition coefficient (Wildman–Crippen LogP) is 1.80. The standard InChI is InChI=1S/C19H21N5O3/c1-12(2)24-15(8-10-20-24)21-16(25)11-23-17(26)19(22-18(23)27)9-7-13-5-3-4-6-14(13)19/h3-6,8,10,12H,7,9,11H2,1-2H3,(H,21,25)(H,22,27). The number of anilines is 1. The van der Waals surface area contributed by atoms with Crippen molar-refractivity contribution in [2.45, 2.75) is 38.3 Å². The van der Waals surface area contributed by atoms with Gasteiger partial charge in [-0.1, -0.05) is 24.3 Å². The van der Waals surface area contributed by atoms with Gasteiger partial charge in [0.05, 0.1) is 6.20 Å². The van der Waals surface area contributed by atoms with Crippen LogP contribution in [0.15, 0.2) is 36.5 Å². The van der Waals surface area contributed by atoms with Gasteiger partial charge in [-0.05, 0) is 37.8 Å². The smallest absolute Gasteiger partial charge is 0.319 e. The van der Waals surface area contributed by atoms with Gasteiger partial charge in [0.25, 0.3) is 5.91 Å². The third kappa shape index (κ3) is 2.68. The van der Waals surface area contributed by atoms with Gasteiger partial charge in [-0.3, -0.25) is 14.5 Å². The zero-order valence-electron chi connectivity index (χ0n) is 15.2. The first-order valence-corrected chi connectivity index (χ1v) is 8.98. The molecule has 1 spiro atoms. The Morgan fingerprint density at radius 2 is 2.07 bits per heavy atom. The third-order valence-corrected chi connectivity index (χ3v) is 5.15. The highest BCUT2D eigenvalue weighted by molar-refractivity contribution is 6.10. The highest BCUT2D eigenvalue weighted by Crippen LogP contribution is 2.41. The Morgan fingerprint density at radius 3 is 2.85 bits per heavy atom.